The van der Waals surface area contributed by atoms with Gasteiger partial charge >= 0.3 is 0 Å². The van der Waals surface area contributed by atoms with Gasteiger partial charge in [0, 0.05) is 24.1 Å². The number of H-pyrrole nitrogens is 1. The highest BCUT2D eigenvalue weighted by atomic mass is 32.2. The van der Waals surface area contributed by atoms with Crippen molar-refractivity contribution in [3.8, 4) is 0 Å². The Kier molecular flexibility index (Phi) is 4.75. The lowest BCUT2D eigenvalue weighted by molar-refractivity contribution is 0.576. The third-order valence-corrected chi connectivity index (χ3v) is 4.39. The molecule has 6 nitrogen and oxygen atoms in total. The van der Waals surface area contributed by atoms with Crippen molar-refractivity contribution in [2.24, 2.45) is 0 Å². The number of imidazole rings is 1. The molecule has 0 unspecified atom stereocenters. The van der Waals surface area contributed by atoms with Crippen molar-refractivity contribution in [1.29, 1.82) is 0 Å². The minimum Gasteiger partial charge on any atom is -0.399 e. The molecule has 0 fully saturated rings. The van der Waals surface area contributed by atoms with E-state index < -0.39 is 10.0 Å². The first kappa shape index (κ1) is 14.5. The van der Waals surface area contributed by atoms with Crippen molar-refractivity contribution in [2.45, 2.75) is 24.2 Å². The van der Waals surface area contributed by atoms with Crippen LogP contribution in [0, 0.1) is 0 Å². The number of hydrogen-bond donors (Lipinski definition) is 3. The number of aryl methyl sites for hydroxylation is 1. The molecule has 2 rings (SSSR count). The van der Waals surface area contributed by atoms with Gasteiger partial charge in [-0.25, -0.2) is 18.1 Å². The van der Waals surface area contributed by atoms with E-state index in [1.807, 2.05) is 0 Å². The molecule has 0 aliphatic carbocycles. The van der Waals surface area contributed by atoms with Gasteiger partial charge in [0.2, 0.25) is 10.0 Å². The van der Waals surface area contributed by atoms with E-state index in [4.69, 9.17) is 5.73 Å². The van der Waals surface area contributed by atoms with Gasteiger partial charge in [-0.1, -0.05) is 0 Å². The molecule has 4 N–H and O–H groups in total. The largest absolute Gasteiger partial charge is 0.399 e. The van der Waals surface area contributed by atoms with Crippen molar-refractivity contribution in [2.75, 3.05) is 12.3 Å². The number of unbranched alkanes of at least 4 members (excludes halogenated alkanes) is 1. The second-order valence-corrected chi connectivity index (χ2v) is 6.27. The number of rotatable bonds is 7. The van der Waals surface area contributed by atoms with E-state index in [0.717, 1.165) is 25.0 Å². The second kappa shape index (κ2) is 6.53. The molecular weight excluding hydrogens is 276 g/mol. The van der Waals surface area contributed by atoms with Crippen molar-refractivity contribution in [3.63, 3.8) is 0 Å². The highest BCUT2D eigenvalue weighted by Crippen LogP contribution is 2.11. The fourth-order valence-corrected chi connectivity index (χ4v) is 2.87. The Labute approximate surface area is 118 Å². The number of nitrogens with one attached hydrogen (secondary N) is 2. The summed E-state index contributed by atoms with van der Waals surface area (Å²) in [6, 6.07) is 6.16. The molecule has 108 valence electrons. The quantitative estimate of drug-likeness (QED) is 0.529. The number of aromatic amines is 1. The molecule has 0 saturated carbocycles. The molecule has 0 atom stereocenters. The van der Waals surface area contributed by atoms with Gasteiger partial charge < -0.3 is 10.7 Å². The summed E-state index contributed by atoms with van der Waals surface area (Å²) in [4.78, 5) is 7.18. The number of sulfonamides is 1. The molecule has 20 heavy (non-hydrogen) atoms. The average Bonchev–Trinajstić information content (AvgIpc) is 2.92. The van der Waals surface area contributed by atoms with Crippen LogP contribution in [0.5, 0.6) is 0 Å². The highest BCUT2D eigenvalue weighted by Gasteiger charge is 2.12. The van der Waals surface area contributed by atoms with Crippen molar-refractivity contribution in [3.05, 3.63) is 42.5 Å². The molecule has 0 bridgehead atoms. The maximum absolute atomic E-state index is 12.0. The number of aromatic nitrogens is 2. The first-order valence-corrected chi connectivity index (χ1v) is 7.89. The molecule has 0 radical (unpaired) electrons. The van der Waals surface area contributed by atoms with Crippen LogP contribution in [0.4, 0.5) is 5.69 Å². The summed E-state index contributed by atoms with van der Waals surface area (Å²) < 4.78 is 26.5. The zero-order chi connectivity index (χ0) is 14.4. The van der Waals surface area contributed by atoms with E-state index in [-0.39, 0.29) is 4.90 Å². The van der Waals surface area contributed by atoms with Crippen LogP contribution < -0.4 is 10.5 Å². The fourth-order valence-electron chi connectivity index (χ4n) is 1.80. The predicted molar refractivity (Wildman–Crippen MR) is 77.6 cm³/mol. The number of hydrogen-bond acceptors (Lipinski definition) is 4. The van der Waals surface area contributed by atoms with E-state index in [2.05, 4.69) is 14.7 Å². The van der Waals surface area contributed by atoms with E-state index in [1.54, 1.807) is 24.7 Å². The number of nitrogen functional groups attached to an aromatic ring is 1. The maximum atomic E-state index is 12.0. The van der Waals surface area contributed by atoms with Gasteiger partial charge in [-0.05, 0) is 43.5 Å². The molecule has 7 heteroatoms. The van der Waals surface area contributed by atoms with Gasteiger partial charge in [0.1, 0.15) is 0 Å². The molecule has 0 amide bonds. The van der Waals surface area contributed by atoms with Gasteiger partial charge in [-0.15, -0.1) is 0 Å². The summed E-state index contributed by atoms with van der Waals surface area (Å²) in [6.45, 7) is 0.418. The Bertz CT molecular complexity index is 621. The van der Waals surface area contributed by atoms with Gasteiger partial charge in [0.15, 0.2) is 0 Å². The van der Waals surface area contributed by atoms with E-state index in [1.165, 1.54) is 12.1 Å². The summed E-state index contributed by atoms with van der Waals surface area (Å²) in [7, 11) is -3.44. The lowest BCUT2D eigenvalue weighted by Gasteiger charge is -2.06. The molecular formula is C13H18N4O2S. The molecule has 1 aromatic carbocycles. The summed E-state index contributed by atoms with van der Waals surface area (Å²) in [5, 5.41) is 0. The Morgan fingerprint density at radius 2 is 1.95 bits per heavy atom. The van der Waals surface area contributed by atoms with Gasteiger partial charge in [-0.2, -0.15) is 0 Å². The Morgan fingerprint density at radius 3 is 2.60 bits per heavy atom. The van der Waals surface area contributed by atoms with Crippen LogP contribution in [0.2, 0.25) is 0 Å². The van der Waals surface area contributed by atoms with E-state index in [9.17, 15) is 8.42 Å². The second-order valence-electron chi connectivity index (χ2n) is 4.50. The van der Waals surface area contributed by atoms with Crippen LogP contribution >= 0.6 is 0 Å². The monoisotopic (exact) mass is 294 g/mol. The first-order valence-electron chi connectivity index (χ1n) is 6.40. The standard InChI is InChI=1S/C13H18N4O2S/c14-11-4-6-13(7-5-11)20(18,19)17-8-2-1-3-12-9-15-10-16-12/h4-7,9-10,17H,1-3,8,14H2,(H,15,16). The van der Waals surface area contributed by atoms with E-state index in [0.29, 0.717) is 12.2 Å². The zero-order valence-electron chi connectivity index (χ0n) is 11.0. The van der Waals surface area contributed by atoms with Crippen molar-refractivity contribution in [1.82, 2.24) is 14.7 Å². The summed E-state index contributed by atoms with van der Waals surface area (Å²) >= 11 is 0. The van der Waals surface area contributed by atoms with Crippen LogP contribution in [0.1, 0.15) is 18.5 Å². The predicted octanol–water partition coefficient (Wildman–Crippen LogP) is 1.29. The SMILES string of the molecule is Nc1ccc(S(=O)(=O)NCCCCc2cnc[nH]2)cc1. The molecule has 1 heterocycles. The van der Waals surface area contributed by atoms with Crippen LogP contribution in [-0.4, -0.2) is 24.9 Å². The lowest BCUT2D eigenvalue weighted by Crippen LogP contribution is -2.24. The lowest BCUT2D eigenvalue weighted by atomic mass is 10.2. The minimum absolute atomic E-state index is 0.236. The third kappa shape index (κ3) is 4.07. The minimum atomic E-state index is -3.44. The van der Waals surface area contributed by atoms with Gasteiger partial charge in [0.05, 0.1) is 11.2 Å². The number of nitrogens with zero attached hydrogens (tertiary/aromatic N) is 1. The topological polar surface area (TPSA) is 101 Å². The van der Waals surface area contributed by atoms with Gasteiger partial charge in [0.25, 0.3) is 0 Å². The van der Waals surface area contributed by atoms with Crippen molar-refractivity contribution < 1.29 is 8.42 Å². The maximum Gasteiger partial charge on any atom is 0.240 e. The van der Waals surface area contributed by atoms with Gasteiger partial charge in [-0.3, -0.25) is 0 Å². The fraction of sp³-hybridized carbons (Fsp3) is 0.308. The highest BCUT2D eigenvalue weighted by molar-refractivity contribution is 7.89. The first-order chi connectivity index (χ1) is 9.58. The molecule has 0 saturated heterocycles. The van der Waals surface area contributed by atoms with Crippen molar-refractivity contribution >= 4 is 15.7 Å². The summed E-state index contributed by atoms with van der Waals surface area (Å²) in [5.41, 5.74) is 7.14. The third-order valence-electron chi connectivity index (χ3n) is 2.91. The van der Waals surface area contributed by atoms with E-state index >= 15 is 0 Å². The van der Waals surface area contributed by atoms with Crippen LogP contribution in [0.25, 0.3) is 0 Å². The van der Waals surface area contributed by atoms with Crippen LogP contribution in [0.15, 0.2) is 41.7 Å². The molecule has 0 spiro atoms. The normalized spacial score (nSPS) is 11.6. The Balaban J connectivity index is 1.76. The number of nitrogens with two attached hydrogens (primary N) is 1. The zero-order valence-corrected chi connectivity index (χ0v) is 11.9. The number of anilines is 1. The summed E-state index contributed by atoms with van der Waals surface area (Å²) in [5.74, 6) is 0. The van der Waals surface area contributed by atoms with Crippen LogP contribution in [0.3, 0.4) is 0 Å². The number of benzene rings is 1. The molecule has 1 aromatic heterocycles. The molecule has 0 aliphatic heterocycles. The Morgan fingerprint density at radius 1 is 1.20 bits per heavy atom. The Hall–Kier alpha value is -1.86. The average molecular weight is 294 g/mol. The molecule has 2 aromatic rings. The molecule has 0 aliphatic rings. The summed E-state index contributed by atoms with van der Waals surface area (Å²) in [6.07, 6.45) is 5.95. The smallest absolute Gasteiger partial charge is 0.240 e. The van der Waals surface area contributed by atoms with Crippen LogP contribution in [-0.2, 0) is 16.4 Å².